The molecule has 0 saturated carbocycles. The van der Waals surface area contributed by atoms with Crippen molar-refractivity contribution in [1.29, 1.82) is 0 Å². The van der Waals surface area contributed by atoms with Gasteiger partial charge in [0.05, 0.1) is 8.95 Å². The van der Waals surface area contributed by atoms with Crippen LogP contribution in [0.15, 0.2) is 45.4 Å². The Morgan fingerprint density at radius 2 is 1.41 bits per heavy atom. The van der Waals surface area contributed by atoms with E-state index in [1.165, 1.54) is 6.92 Å². The van der Waals surface area contributed by atoms with E-state index >= 15 is 0 Å². The number of rotatable bonds is 3. The molecule has 0 aliphatic rings. The molecule has 0 unspecified atom stereocenters. The Bertz CT molecular complexity index is 796. The predicted octanol–water partition coefficient (Wildman–Crippen LogP) is 4.77. The second-order valence-corrected chi connectivity index (χ2v) is 6.18. The Morgan fingerprint density at radius 1 is 0.955 bits per heavy atom. The second-order valence-electron chi connectivity index (χ2n) is 4.60. The van der Waals surface area contributed by atoms with Crippen LogP contribution in [-0.2, 0) is 9.59 Å². The third-order valence-electron chi connectivity index (χ3n) is 2.80. The number of esters is 2. The van der Waals surface area contributed by atoms with Crippen molar-refractivity contribution in [3.05, 3.63) is 45.4 Å². The lowest BCUT2D eigenvalue weighted by Crippen LogP contribution is -2.10. The van der Waals surface area contributed by atoms with Gasteiger partial charge >= 0.3 is 11.9 Å². The molecule has 0 atom stereocenters. The fraction of sp³-hybridized carbons (Fsp3) is 0.125. The summed E-state index contributed by atoms with van der Waals surface area (Å²) in [6, 6.07) is 7.17. The van der Waals surface area contributed by atoms with E-state index in [0.717, 1.165) is 0 Å². The molecule has 0 spiro atoms. The summed E-state index contributed by atoms with van der Waals surface area (Å²) in [5.41, 5.74) is 0.288. The van der Waals surface area contributed by atoms with Gasteiger partial charge in [0.15, 0.2) is 11.5 Å². The van der Waals surface area contributed by atoms with Gasteiger partial charge in [0.25, 0.3) is 0 Å². The van der Waals surface area contributed by atoms with Crippen LogP contribution in [0.5, 0.6) is 11.5 Å². The summed E-state index contributed by atoms with van der Waals surface area (Å²) in [7, 11) is 0. The monoisotopic (exact) mass is 426 g/mol. The summed E-state index contributed by atoms with van der Waals surface area (Å²) >= 11 is 6.74. The molecule has 2 aromatic rings. The highest BCUT2D eigenvalue weighted by atomic mass is 79.9. The average molecular weight is 428 g/mol. The van der Waals surface area contributed by atoms with Crippen molar-refractivity contribution in [1.82, 2.24) is 0 Å². The lowest BCUT2D eigenvalue weighted by molar-refractivity contribution is -0.132. The number of benzene rings is 2. The molecule has 0 amide bonds. The molecule has 22 heavy (non-hydrogen) atoms. The van der Waals surface area contributed by atoms with Crippen molar-refractivity contribution in [3.8, 4) is 11.5 Å². The zero-order valence-electron chi connectivity index (χ0n) is 11.9. The molecule has 0 radical (unpaired) electrons. The SMILES string of the molecule is C=C(C)C(=O)Oc1c(Br)c(Br)c(OC(C)=O)c2ccccc12. The molecule has 0 heterocycles. The van der Waals surface area contributed by atoms with Gasteiger partial charge in [0.2, 0.25) is 0 Å². The van der Waals surface area contributed by atoms with Gasteiger partial charge in [0, 0.05) is 23.3 Å². The highest BCUT2D eigenvalue weighted by Crippen LogP contribution is 2.47. The van der Waals surface area contributed by atoms with Crippen LogP contribution in [0.4, 0.5) is 0 Å². The van der Waals surface area contributed by atoms with Crippen molar-refractivity contribution in [2.75, 3.05) is 0 Å². The van der Waals surface area contributed by atoms with Crippen molar-refractivity contribution in [3.63, 3.8) is 0 Å². The number of ether oxygens (including phenoxy) is 2. The van der Waals surface area contributed by atoms with Gasteiger partial charge in [-0.25, -0.2) is 4.79 Å². The number of hydrogen-bond donors (Lipinski definition) is 0. The highest BCUT2D eigenvalue weighted by Gasteiger charge is 2.21. The third kappa shape index (κ3) is 3.23. The summed E-state index contributed by atoms with van der Waals surface area (Å²) in [6.07, 6.45) is 0. The van der Waals surface area contributed by atoms with Gasteiger partial charge < -0.3 is 9.47 Å². The van der Waals surface area contributed by atoms with Gasteiger partial charge in [0.1, 0.15) is 0 Å². The first-order valence-corrected chi connectivity index (χ1v) is 7.87. The molecule has 0 aliphatic heterocycles. The minimum absolute atomic E-state index is 0.288. The molecule has 0 fully saturated rings. The second kappa shape index (κ2) is 6.62. The zero-order chi connectivity index (χ0) is 16.4. The third-order valence-corrected chi connectivity index (χ3v) is 4.84. The molecule has 2 rings (SSSR count). The maximum atomic E-state index is 11.8. The summed E-state index contributed by atoms with van der Waals surface area (Å²) in [5.74, 6) is -0.265. The first-order chi connectivity index (χ1) is 10.3. The van der Waals surface area contributed by atoms with Crippen molar-refractivity contribution >= 4 is 54.6 Å². The van der Waals surface area contributed by atoms with Crippen LogP contribution in [0.2, 0.25) is 0 Å². The molecule has 2 aromatic carbocycles. The van der Waals surface area contributed by atoms with E-state index in [-0.39, 0.29) is 5.57 Å². The Hall–Kier alpha value is -1.66. The van der Waals surface area contributed by atoms with E-state index < -0.39 is 11.9 Å². The van der Waals surface area contributed by atoms with Gasteiger partial charge in [-0.2, -0.15) is 0 Å². The number of carbonyl (C=O) groups excluding carboxylic acids is 2. The van der Waals surface area contributed by atoms with Gasteiger partial charge in [-0.3, -0.25) is 4.79 Å². The van der Waals surface area contributed by atoms with Crippen LogP contribution in [-0.4, -0.2) is 11.9 Å². The standard InChI is InChI=1S/C16H12Br2O4/c1-8(2)16(20)22-15-11-7-5-4-6-10(11)14(21-9(3)19)12(17)13(15)18/h4-7H,1H2,2-3H3. The molecular formula is C16H12Br2O4. The maximum absolute atomic E-state index is 11.8. The molecular weight excluding hydrogens is 416 g/mol. The minimum atomic E-state index is -0.530. The number of halogens is 2. The molecule has 0 N–H and O–H groups in total. The first-order valence-electron chi connectivity index (χ1n) is 6.28. The van der Waals surface area contributed by atoms with Gasteiger partial charge in [-0.1, -0.05) is 30.8 Å². The van der Waals surface area contributed by atoms with E-state index in [4.69, 9.17) is 9.47 Å². The summed E-state index contributed by atoms with van der Waals surface area (Å²) in [6.45, 7) is 6.46. The quantitative estimate of drug-likeness (QED) is 0.402. The lowest BCUT2D eigenvalue weighted by atomic mass is 10.1. The first kappa shape index (κ1) is 16.7. The summed E-state index contributed by atoms with van der Waals surface area (Å²) in [4.78, 5) is 23.2. The van der Waals surface area contributed by atoms with E-state index in [9.17, 15) is 9.59 Å². The molecule has 4 nitrogen and oxygen atoms in total. The Kier molecular flexibility index (Phi) is 5.03. The van der Waals surface area contributed by atoms with Gasteiger partial charge in [-0.15, -0.1) is 0 Å². The Balaban J connectivity index is 2.73. The van der Waals surface area contributed by atoms with Crippen LogP contribution in [0.25, 0.3) is 10.8 Å². The fourth-order valence-electron chi connectivity index (χ4n) is 1.84. The summed E-state index contributed by atoms with van der Waals surface area (Å²) < 4.78 is 11.7. The smallest absolute Gasteiger partial charge is 0.338 e. The molecule has 0 bridgehead atoms. The normalized spacial score (nSPS) is 10.4. The fourth-order valence-corrected chi connectivity index (χ4v) is 2.79. The number of hydrogen-bond acceptors (Lipinski definition) is 4. The topological polar surface area (TPSA) is 52.6 Å². The lowest BCUT2D eigenvalue weighted by Gasteiger charge is -2.15. The van der Waals surface area contributed by atoms with Crippen molar-refractivity contribution < 1.29 is 19.1 Å². The van der Waals surface area contributed by atoms with Crippen molar-refractivity contribution in [2.24, 2.45) is 0 Å². The van der Waals surface area contributed by atoms with Crippen LogP contribution >= 0.6 is 31.9 Å². The number of carbonyl (C=O) groups is 2. The average Bonchev–Trinajstić information content (AvgIpc) is 2.47. The number of fused-ring (bicyclic) bond motifs is 1. The van der Waals surface area contributed by atoms with E-state index in [2.05, 4.69) is 38.4 Å². The van der Waals surface area contributed by atoms with Gasteiger partial charge in [-0.05, 0) is 38.8 Å². The van der Waals surface area contributed by atoms with Crippen LogP contribution in [0.3, 0.4) is 0 Å². The predicted molar refractivity (Wildman–Crippen MR) is 91.1 cm³/mol. The van der Waals surface area contributed by atoms with E-state index in [1.54, 1.807) is 31.2 Å². The summed E-state index contributed by atoms with van der Waals surface area (Å²) in [5, 5.41) is 1.29. The maximum Gasteiger partial charge on any atom is 0.338 e. The molecule has 6 heteroatoms. The van der Waals surface area contributed by atoms with Crippen LogP contribution < -0.4 is 9.47 Å². The minimum Gasteiger partial charge on any atom is -0.425 e. The highest BCUT2D eigenvalue weighted by molar-refractivity contribution is 9.13. The van der Waals surface area contributed by atoms with E-state index in [1.807, 2.05) is 0 Å². The molecule has 114 valence electrons. The Morgan fingerprint density at radius 3 is 1.82 bits per heavy atom. The Labute approximate surface area is 144 Å². The zero-order valence-corrected chi connectivity index (χ0v) is 15.1. The van der Waals surface area contributed by atoms with E-state index in [0.29, 0.717) is 31.2 Å². The van der Waals surface area contributed by atoms with Crippen LogP contribution in [0, 0.1) is 0 Å². The molecule has 0 saturated heterocycles. The molecule has 0 aliphatic carbocycles. The van der Waals surface area contributed by atoms with Crippen molar-refractivity contribution in [2.45, 2.75) is 13.8 Å². The van der Waals surface area contributed by atoms with Crippen LogP contribution in [0.1, 0.15) is 13.8 Å². The largest absolute Gasteiger partial charge is 0.425 e. The molecule has 0 aromatic heterocycles.